The van der Waals surface area contributed by atoms with Gasteiger partial charge in [-0.05, 0) is 37.0 Å². The van der Waals surface area contributed by atoms with Gasteiger partial charge in [0.1, 0.15) is 5.69 Å². The van der Waals surface area contributed by atoms with E-state index in [2.05, 4.69) is 9.88 Å². The summed E-state index contributed by atoms with van der Waals surface area (Å²) in [6.07, 6.45) is 4.17. The maximum Gasteiger partial charge on any atom is 0.273 e. The van der Waals surface area contributed by atoms with Crippen molar-refractivity contribution < 1.29 is 4.79 Å². The predicted molar refractivity (Wildman–Crippen MR) is 78.8 cm³/mol. The molecule has 4 rings (SSSR count). The summed E-state index contributed by atoms with van der Waals surface area (Å²) in [7, 11) is 0. The average Bonchev–Trinajstić information content (AvgIpc) is 3.06. The molecule has 2 unspecified atom stereocenters. The van der Waals surface area contributed by atoms with Crippen LogP contribution in [0.4, 0.5) is 0 Å². The number of rotatable bonds is 3. The summed E-state index contributed by atoms with van der Waals surface area (Å²) in [5.41, 5.74) is 2.37. The molecule has 0 radical (unpaired) electrons. The van der Waals surface area contributed by atoms with Gasteiger partial charge in [-0.25, -0.2) is 4.98 Å². The monoisotopic (exact) mass is 291 g/mol. The topological polar surface area (TPSA) is 36.4 Å². The van der Waals surface area contributed by atoms with Crippen LogP contribution in [0.15, 0.2) is 10.9 Å². The Balaban J connectivity index is 1.40. The molecule has 3 aliphatic rings. The second-order valence-corrected chi connectivity index (χ2v) is 7.43. The van der Waals surface area contributed by atoms with Crippen molar-refractivity contribution in [3.63, 3.8) is 0 Å². The first-order valence-corrected chi connectivity index (χ1v) is 8.62. The molecule has 20 heavy (non-hydrogen) atoms. The Hall–Kier alpha value is -0.940. The zero-order valence-corrected chi connectivity index (χ0v) is 12.5. The zero-order chi connectivity index (χ0) is 13.5. The number of amides is 1. The first-order valence-electron chi connectivity index (χ1n) is 7.67. The number of fused-ring (bicyclic) bond motifs is 2. The van der Waals surface area contributed by atoms with E-state index in [4.69, 9.17) is 0 Å². The highest BCUT2D eigenvalue weighted by Crippen LogP contribution is 2.34. The number of hydrogen-bond acceptors (Lipinski definition) is 4. The molecular weight excluding hydrogens is 270 g/mol. The van der Waals surface area contributed by atoms with E-state index in [9.17, 15) is 4.79 Å². The van der Waals surface area contributed by atoms with Gasteiger partial charge in [-0.1, -0.05) is 0 Å². The van der Waals surface area contributed by atoms with E-state index in [0.717, 1.165) is 19.0 Å². The van der Waals surface area contributed by atoms with E-state index < -0.39 is 0 Å². The Kier molecular flexibility index (Phi) is 3.27. The van der Waals surface area contributed by atoms with Gasteiger partial charge < -0.3 is 9.80 Å². The highest BCUT2D eigenvalue weighted by atomic mass is 32.1. The summed E-state index contributed by atoms with van der Waals surface area (Å²) in [5.74, 6) is 2.45. The van der Waals surface area contributed by atoms with Crippen LogP contribution >= 0.6 is 11.3 Å². The molecule has 5 heteroatoms. The summed E-state index contributed by atoms with van der Waals surface area (Å²) in [4.78, 5) is 21.3. The second kappa shape index (κ2) is 5.11. The van der Waals surface area contributed by atoms with E-state index in [1.165, 1.54) is 50.2 Å². The second-order valence-electron chi connectivity index (χ2n) is 6.71. The van der Waals surface area contributed by atoms with Crippen molar-refractivity contribution in [1.82, 2.24) is 14.8 Å². The molecule has 2 saturated heterocycles. The number of carbonyl (C=O) groups excluding carboxylic acids is 1. The Bertz CT molecular complexity index is 471. The van der Waals surface area contributed by atoms with Gasteiger partial charge in [0.05, 0.1) is 5.51 Å². The third-order valence-corrected chi connectivity index (χ3v) is 5.40. The smallest absolute Gasteiger partial charge is 0.273 e. The number of piperidine rings is 2. The summed E-state index contributed by atoms with van der Waals surface area (Å²) in [5, 5.41) is 1.87. The minimum absolute atomic E-state index is 0.136. The lowest BCUT2D eigenvalue weighted by atomic mass is 9.84. The third kappa shape index (κ3) is 2.61. The minimum atomic E-state index is 0.136. The fraction of sp³-hybridized carbons (Fsp3) is 0.733. The van der Waals surface area contributed by atoms with Crippen molar-refractivity contribution in [3.05, 3.63) is 16.6 Å². The van der Waals surface area contributed by atoms with Gasteiger partial charge in [0.2, 0.25) is 0 Å². The minimum Gasteiger partial charge on any atom is -0.337 e. The van der Waals surface area contributed by atoms with Crippen molar-refractivity contribution in [2.24, 2.45) is 17.8 Å². The third-order valence-electron chi connectivity index (χ3n) is 4.81. The van der Waals surface area contributed by atoms with Crippen LogP contribution in [0.3, 0.4) is 0 Å². The fourth-order valence-electron chi connectivity index (χ4n) is 3.85. The predicted octanol–water partition coefficient (Wildman–Crippen LogP) is 1.95. The SMILES string of the molecule is O=C(c1cscn1)N1CC2CC(CN(CC3CC3)C2)C1. The Labute approximate surface area is 123 Å². The molecule has 1 aromatic rings. The van der Waals surface area contributed by atoms with E-state index >= 15 is 0 Å². The van der Waals surface area contributed by atoms with Crippen LogP contribution in [0.2, 0.25) is 0 Å². The van der Waals surface area contributed by atoms with Crippen LogP contribution in [0.5, 0.6) is 0 Å². The van der Waals surface area contributed by atoms with Crippen LogP contribution in [-0.2, 0) is 0 Å². The van der Waals surface area contributed by atoms with Gasteiger partial charge in [0.15, 0.2) is 0 Å². The summed E-state index contributed by atoms with van der Waals surface area (Å²) < 4.78 is 0. The summed E-state index contributed by atoms with van der Waals surface area (Å²) >= 11 is 1.50. The van der Waals surface area contributed by atoms with Gasteiger partial charge >= 0.3 is 0 Å². The lowest BCUT2D eigenvalue weighted by Crippen LogP contribution is -2.54. The Morgan fingerprint density at radius 1 is 1.25 bits per heavy atom. The number of hydrogen-bond donors (Lipinski definition) is 0. The van der Waals surface area contributed by atoms with Crippen molar-refractivity contribution in [1.29, 1.82) is 0 Å². The molecule has 2 bridgehead atoms. The summed E-state index contributed by atoms with van der Waals surface area (Å²) in [6.45, 7) is 5.52. The number of thiazole rings is 1. The molecular formula is C15H21N3OS. The number of nitrogens with zero attached hydrogens (tertiary/aromatic N) is 3. The van der Waals surface area contributed by atoms with Crippen molar-refractivity contribution in [2.75, 3.05) is 32.7 Å². The lowest BCUT2D eigenvalue weighted by molar-refractivity contribution is 0.0246. The van der Waals surface area contributed by atoms with Gasteiger partial charge in [-0.15, -0.1) is 11.3 Å². The maximum atomic E-state index is 12.4. The molecule has 1 aromatic heterocycles. The molecule has 108 valence electrons. The van der Waals surface area contributed by atoms with Crippen molar-refractivity contribution in [3.8, 4) is 0 Å². The molecule has 2 aliphatic heterocycles. The largest absolute Gasteiger partial charge is 0.337 e. The van der Waals surface area contributed by atoms with Crippen LogP contribution in [0.1, 0.15) is 29.8 Å². The molecule has 0 aromatic carbocycles. The van der Waals surface area contributed by atoms with E-state index in [1.807, 2.05) is 10.3 Å². The maximum absolute atomic E-state index is 12.4. The highest BCUT2D eigenvalue weighted by Gasteiger charge is 2.37. The number of carbonyl (C=O) groups is 1. The molecule has 2 atom stereocenters. The van der Waals surface area contributed by atoms with Gasteiger partial charge in [0.25, 0.3) is 5.91 Å². The molecule has 1 aliphatic carbocycles. The van der Waals surface area contributed by atoms with Crippen LogP contribution in [-0.4, -0.2) is 53.4 Å². The molecule has 0 N–H and O–H groups in total. The van der Waals surface area contributed by atoms with Crippen LogP contribution in [0, 0.1) is 17.8 Å². The summed E-state index contributed by atoms with van der Waals surface area (Å²) in [6, 6.07) is 0. The molecule has 1 saturated carbocycles. The average molecular weight is 291 g/mol. The molecule has 3 fully saturated rings. The molecule has 4 nitrogen and oxygen atoms in total. The standard InChI is InChI=1S/C15H21N3OS/c19-15(14-9-20-10-16-14)18-7-12-3-13(8-18)6-17(5-12)4-11-1-2-11/h9-13H,1-8H2. The van der Waals surface area contributed by atoms with Crippen LogP contribution < -0.4 is 0 Å². The van der Waals surface area contributed by atoms with E-state index in [1.54, 1.807) is 5.51 Å². The van der Waals surface area contributed by atoms with Gasteiger partial charge in [0, 0.05) is 38.1 Å². The van der Waals surface area contributed by atoms with E-state index in [-0.39, 0.29) is 5.91 Å². The van der Waals surface area contributed by atoms with Crippen molar-refractivity contribution >= 4 is 17.2 Å². The van der Waals surface area contributed by atoms with E-state index in [0.29, 0.717) is 17.5 Å². The van der Waals surface area contributed by atoms with Crippen LogP contribution in [0.25, 0.3) is 0 Å². The van der Waals surface area contributed by atoms with Gasteiger partial charge in [-0.2, -0.15) is 0 Å². The first-order chi connectivity index (χ1) is 9.78. The lowest BCUT2D eigenvalue weighted by Gasteiger charge is -2.45. The fourth-order valence-corrected chi connectivity index (χ4v) is 4.37. The van der Waals surface area contributed by atoms with Crippen molar-refractivity contribution in [2.45, 2.75) is 19.3 Å². The molecule has 0 spiro atoms. The number of aromatic nitrogens is 1. The Morgan fingerprint density at radius 3 is 2.60 bits per heavy atom. The zero-order valence-electron chi connectivity index (χ0n) is 11.7. The molecule has 1 amide bonds. The highest BCUT2D eigenvalue weighted by molar-refractivity contribution is 7.07. The first kappa shape index (κ1) is 12.8. The van der Waals surface area contributed by atoms with Gasteiger partial charge in [-0.3, -0.25) is 4.79 Å². The normalized spacial score (nSPS) is 30.5. The Morgan fingerprint density at radius 2 is 2.00 bits per heavy atom. The molecule has 3 heterocycles. The number of likely N-dealkylation sites (tertiary alicyclic amines) is 2. The quantitative estimate of drug-likeness (QED) is 0.854.